The Kier molecular flexibility index (Phi) is 8.57. The molecule has 0 aliphatic heterocycles. The summed E-state index contributed by atoms with van der Waals surface area (Å²) in [5, 5.41) is 5.70. The lowest BCUT2D eigenvalue weighted by Gasteiger charge is -2.11. The largest absolute Gasteiger partial charge is 0.355 e. The third kappa shape index (κ3) is 6.86. The molecule has 0 aliphatic rings. The molecule has 0 unspecified atom stereocenters. The van der Waals surface area contributed by atoms with Crippen LogP contribution in [0, 0.1) is 0 Å². The van der Waals surface area contributed by atoms with Crippen LogP contribution in [0.2, 0.25) is 0 Å². The molecular formula is C10H23N3O. The van der Waals surface area contributed by atoms with Crippen LogP contribution in [0.4, 0.5) is 0 Å². The van der Waals surface area contributed by atoms with Gasteiger partial charge in [-0.25, -0.2) is 0 Å². The summed E-state index contributed by atoms with van der Waals surface area (Å²) in [6.07, 6.45) is 4.68. The Morgan fingerprint density at radius 1 is 1.36 bits per heavy atom. The van der Waals surface area contributed by atoms with Gasteiger partial charge in [0.1, 0.15) is 0 Å². The number of carbonyl (C=O) groups excluding carboxylic acids is 1. The molecule has 0 aliphatic carbocycles. The Morgan fingerprint density at radius 3 is 2.64 bits per heavy atom. The van der Waals surface area contributed by atoms with Crippen molar-refractivity contribution in [1.82, 2.24) is 10.6 Å². The molecule has 0 saturated carbocycles. The van der Waals surface area contributed by atoms with Crippen LogP contribution in [0.15, 0.2) is 0 Å². The van der Waals surface area contributed by atoms with Gasteiger partial charge in [-0.3, -0.25) is 4.79 Å². The Hall–Kier alpha value is -0.610. The summed E-state index contributed by atoms with van der Waals surface area (Å²) in [5.74, 6) is -0.0594. The number of nitrogens with one attached hydrogen (secondary N) is 2. The summed E-state index contributed by atoms with van der Waals surface area (Å²) in [6, 6.07) is -0.425. The number of hydrogen-bond donors (Lipinski definition) is 3. The fraction of sp³-hybridized carbons (Fsp3) is 0.900. The molecule has 0 bridgehead atoms. The van der Waals surface area contributed by atoms with Crippen LogP contribution in [-0.4, -0.2) is 32.1 Å². The maximum atomic E-state index is 11.3. The Morgan fingerprint density at radius 2 is 2.07 bits per heavy atom. The third-order valence-electron chi connectivity index (χ3n) is 2.09. The quantitative estimate of drug-likeness (QED) is 0.492. The van der Waals surface area contributed by atoms with Gasteiger partial charge in [0.05, 0.1) is 6.04 Å². The van der Waals surface area contributed by atoms with Gasteiger partial charge in [-0.1, -0.05) is 26.2 Å². The molecular weight excluding hydrogens is 178 g/mol. The molecule has 84 valence electrons. The molecule has 0 heterocycles. The average molecular weight is 201 g/mol. The lowest BCUT2D eigenvalue weighted by Crippen LogP contribution is -2.46. The third-order valence-corrected chi connectivity index (χ3v) is 2.09. The topological polar surface area (TPSA) is 67.2 Å². The van der Waals surface area contributed by atoms with E-state index in [9.17, 15) is 4.79 Å². The summed E-state index contributed by atoms with van der Waals surface area (Å²) >= 11 is 0. The maximum absolute atomic E-state index is 11.3. The average Bonchev–Trinajstić information content (AvgIpc) is 2.17. The molecule has 0 aromatic carbocycles. The van der Waals surface area contributed by atoms with Crippen LogP contribution in [0.5, 0.6) is 0 Å². The summed E-state index contributed by atoms with van der Waals surface area (Å²) in [4.78, 5) is 11.3. The smallest absolute Gasteiger partial charge is 0.238 e. The zero-order chi connectivity index (χ0) is 10.8. The van der Waals surface area contributed by atoms with Gasteiger partial charge in [-0.15, -0.1) is 0 Å². The van der Waals surface area contributed by atoms with Gasteiger partial charge in [-0.05, 0) is 13.5 Å². The lowest BCUT2D eigenvalue weighted by molar-refractivity contribution is -0.122. The predicted octanol–water partition coefficient (Wildman–Crippen LogP) is 0.230. The van der Waals surface area contributed by atoms with Crippen LogP contribution in [-0.2, 0) is 4.79 Å². The molecule has 0 radical (unpaired) electrons. The first-order valence-electron chi connectivity index (χ1n) is 5.40. The van der Waals surface area contributed by atoms with Crippen LogP contribution in [0.3, 0.4) is 0 Å². The summed E-state index contributed by atoms with van der Waals surface area (Å²) in [6.45, 7) is 3.44. The van der Waals surface area contributed by atoms with Gasteiger partial charge < -0.3 is 16.4 Å². The molecule has 4 heteroatoms. The molecule has 0 aromatic rings. The van der Waals surface area contributed by atoms with Crippen molar-refractivity contribution in [3.63, 3.8) is 0 Å². The van der Waals surface area contributed by atoms with Crippen molar-refractivity contribution < 1.29 is 4.79 Å². The first-order valence-corrected chi connectivity index (χ1v) is 5.40. The van der Waals surface area contributed by atoms with Gasteiger partial charge in [-0.2, -0.15) is 0 Å². The number of carbonyl (C=O) groups is 1. The van der Waals surface area contributed by atoms with E-state index in [4.69, 9.17) is 5.73 Å². The SMILES string of the molecule is CCCCCCNC(=O)[C@@H](N)CNC. The molecule has 14 heavy (non-hydrogen) atoms. The standard InChI is InChI=1S/C10H23N3O/c1-3-4-5-6-7-13-10(14)9(11)8-12-2/h9,12H,3-8,11H2,1-2H3,(H,13,14)/t9-/m0/s1. The van der Waals surface area contributed by atoms with Crippen molar-refractivity contribution in [3.05, 3.63) is 0 Å². The van der Waals surface area contributed by atoms with E-state index in [1.165, 1.54) is 19.3 Å². The lowest BCUT2D eigenvalue weighted by atomic mass is 10.2. The van der Waals surface area contributed by atoms with Gasteiger partial charge in [0, 0.05) is 13.1 Å². The van der Waals surface area contributed by atoms with Crippen molar-refractivity contribution in [2.45, 2.75) is 38.6 Å². The van der Waals surface area contributed by atoms with E-state index in [0.717, 1.165) is 13.0 Å². The minimum atomic E-state index is -0.425. The molecule has 0 spiro atoms. The van der Waals surface area contributed by atoms with E-state index in [2.05, 4.69) is 17.6 Å². The second-order valence-corrected chi connectivity index (χ2v) is 3.52. The Labute approximate surface area is 86.6 Å². The zero-order valence-corrected chi connectivity index (χ0v) is 9.31. The van der Waals surface area contributed by atoms with Gasteiger partial charge in [0.2, 0.25) is 5.91 Å². The number of hydrogen-bond acceptors (Lipinski definition) is 3. The Balaban J connectivity index is 3.34. The number of amides is 1. The molecule has 0 saturated heterocycles. The van der Waals surface area contributed by atoms with E-state index < -0.39 is 6.04 Å². The zero-order valence-electron chi connectivity index (χ0n) is 9.31. The first-order chi connectivity index (χ1) is 6.72. The molecule has 1 amide bonds. The maximum Gasteiger partial charge on any atom is 0.238 e. The number of rotatable bonds is 8. The molecule has 0 fully saturated rings. The van der Waals surface area contributed by atoms with Crippen LogP contribution >= 0.6 is 0 Å². The molecule has 0 aromatic heterocycles. The second kappa shape index (κ2) is 8.97. The monoisotopic (exact) mass is 201 g/mol. The van der Waals surface area contributed by atoms with E-state index in [-0.39, 0.29) is 5.91 Å². The highest BCUT2D eigenvalue weighted by Crippen LogP contribution is 1.96. The molecule has 4 N–H and O–H groups in total. The number of unbranched alkanes of at least 4 members (excludes halogenated alkanes) is 3. The van der Waals surface area contributed by atoms with Gasteiger partial charge in [0.15, 0.2) is 0 Å². The predicted molar refractivity (Wildman–Crippen MR) is 59.1 cm³/mol. The summed E-state index contributed by atoms with van der Waals surface area (Å²) in [5.41, 5.74) is 5.59. The number of nitrogens with two attached hydrogens (primary N) is 1. The fourth-order valence-electron chi connectivity index (χ4n) is 1.21. The van der Waals surface area contributed by atoms with Crippen molar-refractivity contribution in [2.75, 3.05) is 20.1 Å². The van der Waals surface area contributed by atoms with Gasteiger partial charge in [0.25, 0.3) is 0 Å². The summed E-state index contributed by atoms with van der Waals surface area (Å²) in [7, 11) is 1.79. The van der Waals surface area contributed by atoms with E-state index in [1.807, 2.05) is 0 Å². The van der Waals surface area contributed by atoms with E-state index in [0.29, 0.717) is 6.54 Å². The highest BCUT2D eigenvalue weighted by Gasteiger charge is 2.10. The van der Waals surface area contributed by atoms with Crippen LogP contribution in [0.25, 0.3) is 0 Å². The van der Waals surface area contributed by atoms with Crippen molar-refractivity contribution in [2.24, 2.45) is 5.73 Å². The van der Waals surface area contributed by atoms with Crippen molar-refractivity contribution in [3.8, 4) is 0 Å². The van der Waals surface area contributed by atoms with Crippen LogP contribution in [0.1, 0.15) is 32.6 Å². The normalized spacial score (nSPS) is 12.5. The summed E-state index contributed by atoms with van der Waals surface area (Å²) < 4.78 is 0. The first kappa shape index (κ1) is 13.4. The fourth-order valence-corrected chi connectivity index (χ4v) is 1.21. The Bertz CT molecular complexity index is 150. The second-order valence-electron chi connectivity index (χ2n) is 3.52. The van der Waals surface area contributed by atoms with E-state index in [1.54, 1.807) is 7.05 Å². The van der Waals surface area contributed by atoms with Crippen LogP contribution < -0.4 is 16.4 Å². The van der Waals surface area contributed by atoms with Gasteiger partial charge >= 0.3 is 0 Å². The molecule has 1 atom stereocenters. The minimum Gasteiger partial charge on any atom is -0.355 e. The van der Waals surface area contributed by atoms with E-state index >= 15 is 0 Å². The molecule has 0 rings (SSSR count). The molecule has 4 nitrogen and oxygen atoms in total. The highest BCUT2D eigenvalue weighted by molar-refractivity contribution is 5.81. The van der Waals surface area contributed by atoms with Crippen molar-refractivity contribution >= 4 is 5.91 Å². The van der Waals surface area contributed by atoms with Crippen molar-refractivity contribution in [1.29, 1.82) is 0 Å². The number of likely N-dealkylation sites (N-methyl/N-ethyl adjacent to an activating group) is 1. The highest BCUT2D eigenvalue weighted by atomic mass is 16.2. The minimum absolute atomic E-state index is 0.0594.